The molecule has 148 valence electrons. The van der Waals surface area contributed by atoms with Gasteiger partial charge in [-0.2, -0.15) is 5.26 Å². The fraction of sp³-hybridized carbons (Fsp3) is 0.227. The summed E-state index contributed by atoms with van der Waals surface area (Å²) in [5.74, 6) is -0.382. The summed E-state index contributed by atoms with van der Waals surface area (Å²) in [6, 6.07) is 16.5. The molecular weight excluding hydrogens is 384 g/mol. The van der Waals surface area contributed by atoms with Crippen LogP contribution in [0.1, 0.15) is 16.7 Å². The average Bonchev–Trinajstić information content (AvgIpc) is 3.14. The number of nitriles is 1. The topological polar surface area (TPSA) is 94.0 Å². The zero-order chi connectivity index (χ0) is 20.6. The van der Waals surface area contributed by atoms with Gasteiger partial charge < -0.3 is 16.0 Å². The third-order valence-corrected chi connectivity index (χ3v) is 5.53. The van der Waals surface area contributed by atoms with E-state index in [1.165, 1.54) is 0 Å². The van der Waals surface area contributed by atoms with Gasteiger partial charge in [0.2, 0.25) is 5.91 Å². The van der Waals surface area contributed by atoms with Crippen LogP contribution in [0.25, 0.3) is 10.1 Å². The molecule has 7 heteroatoms. The van der Waals surface area contributed by atoms with Gasteiger partial charge in [-0.1, -0.05) is 48.0 Å². The zero-order valence-corrected chi connectivity index (χ0v) is 16.9. The van der Waals surface area contributed by atoms with Gasteiger partial charge in [0.25, 0.3) is 0 Å². The summed E-state index contributed by atoms with van der Waals surface area (Å²) in [5.41, 5.74) is 3.11. The Bertz CT molecular complexity index is 1040. The van der Waals surface area contributed by atoms with Gasteiger partial charge in [-0.05, 0) is 34.9 Å². The molecule has 0 aliphatic carbocycles. The van der Waals surface area contributed by atoms with Crippen molar-refractivity contribution < 1.29 is 9.59 Å². The minimum Gasteiger partial charge on any atom is -0.341 e. The second-order valence-corrected chi connectivity index (χ2v) is 7.61. The Morgan fingerprint density at radius 3 is 2.62 bits per heavy atom. The number of hydrogen-bond donors (Lipinski definition) is 3. The molecule has 0 aliphatic heterocycles. The van der Waals surface area contributed by atoms with E-state index in [2.05, 4.69) is 16.0 Å². The predicted octanol–water partition coefficient (Wildman–Crippen LogP) is 3.26. The van der Waals surface area contributed by atoms with Crippen LogP contribution in [0.15, 0.2) is 53.9 Å². The highest BCUT2D eigenvalue weighted by Gasteiger charge is 2.22. The number of amides is 3. The minimum atomic E-state index is -0.778. The fourth-order valence-electron chi connectivity index (χ4n) is 2.97. The molecule has 0 saturated heterocycles. The largest absolute Gasteiger partial charge is 0.341 e. The summed E-state index contributed by atoms with van der Waals surface area (Å²) < 4.78 is 1.13. The molecule has 0 fully saturated rings. The Hall–Kier alpha value is -3.37. The van der Waals surface area contributed by atoms with E-state index in [1.54, 1.807) is 11.3 Å². The Morgan fingerprint density at radius 2 is 1.86 bits per heavy atom. The molecule has 2 aromatic carbocycles. The van der Waals surface area contributed by atoms with Crippen molar-refractivity contribution in [2.24, 2.45) is 0 Å². The van der Waals surface area contributed by atoms with Crippen molar-refractivity contribution in [3.63, 3.8) is 0 Å². The van der Waals surface area contributed by atoms with E-state index in [9.17, 15) is 9.59 Å². The van der Waals surface area contributed by atoms with Crippen LogP contribution in [0, 0.1) is 18.3 Å². The molecule has 1 unspecified atom stereocenters. The summed E-state index contributed by atoms with van der Waals surface area (Å²) in [6.45, 7) is 2.26. The number of urea groups is 1. The molecule has 3 aromatic rings. The van der Waals surface area contributed by atoms with E-state index in [-0.39, 0.29) is 12.5 Å². The van der Waals surface area contributed by atoms with Crippen LogP contribution in [-0.4, -0.2) is 24.5 Å². The smallest absolute Gasteiger partial charge is 0.315 e. The summed E-state index contributed by atoms with van der Waals surface area (Å²) in [7, 11) is 0. The van der Waals surface area contributed by atoms with Gasteiger partial charge in [-0.3, -0.25) is 4.79 Å². The van der Waals surface area contributed by atoms with E-state index >= 15 is 0 Å². The van der Waals surface area contributed by atoms with Crippen molar-refractivity contribution in [1.82, 2.24) is 16.0 Å². The summed E-state index contributed by atoms with van der Waals surface area (Å²) >= 11 is 1.60. The van der Waals surface area contributed by atoms with Crippen LogP contribution in [0.5, 0.6) is 0 Å². The number of nitrogens with one attached hydrogen (secondary N) is 3. The fourth-order valence-corrected chi connectivity index (χ4v) is 3.94. The number of carbonyl (C=O) groups is 2. The maximum atomic E-state index is 12.5. The van der Waals surface area contributed by atoms with Crippen molar-refractivity contribution >= 4 is 33.4 Å². The van der Waals surface area contributed by atoms with Crippen LogP contribution >= 0.6 is 11.3 Å². The van der Waals surface area contributed by atoms with E-state index < -0.39 is 12.1 Å². The van der Waals surface area contributed by atoms with Crippen LogP contribution in [-0.2, 0) is 17.8 Å². The van der Waals surface area contributed by atoms with E-state index in [0.29, 0.717) is 13.0 Å². The number of hydrogen-bond acceptors (Lipinski definition) is 4. The summed E-state index contributed by atoms with van der Waals surface area (Å²) in [5, 5.41) is 19.9. The second-order valence-electron chi connectivity index (χ2n) is 6.70. The number of aryl methyl sites for hydroxylation is 1. The highest BCUT2D eigenvalue weighted by molar-refractivity contribution is 7.17. The van der Waals surface area contributed by atoms with Gasteiger partial charge in [0.05, 0.1) is 6.07 Å². The molecule has 0 bridgehead atoms. The lowest BCUT2D eigenvalue weighted by Crippen LogP contribution is -2.51. The van der Waals surface area contributed by atoms with E-state index in [1.807, 2.05) is 66.9 Å². The van der Waals surface area contributed by atoms with Crippen LogP contribution in [0.3, 0.4) is 0 Å². The molecule has 29 heavy (non-hydrogen) atoms. The van der Waals surface area contributed by atoms with Crippen LogP contribution in [0.2, 0.25) is 0 Å². The molecule has 1 atom stereocenters. The maximum absolute atomic E-state index is 12.5. The quantitative estimate of drug-likeness (QED) is 0.526. The first-order valence-electron chi connectivity index (χ1n) is 9.26. The standard InChI is InChI=1S/C22H22N4O2S/c1-15-6-8-16(9-7-15)13-25-22(28)26-19(21(27)24-11-10-23)12-17-14-29-20-5-3-2-4-18(17)20/h2-9,14,19H,11-13H2,1H3,(H,24,27)(H2,25,26,28). The molecule has 0 aliphatic rings. The Kier molecular flexibility index (Phi) is 6.82. The Labute approximate surface area is 173 Å². The lowest BCUT2D eigenvalue weighted by molar-refractivity contribution is -0.122. The summed E-state index contributed by atoms with van der Waals surface area (Å²) in [4.78, 5) is 24.9. The number of rotatable bonds is 7. The predicted molar refractivity (Wildman–Crippen MR) is 114 cm³/mol. The number of thiophene rings is 1. The highest BCUT2D eigenvalue weighted by atomic mass is 32.1. The number of nitrogens with zero attached hydrogens (tertiary/aromatic N) is 1. The number of fused-ring (bicyclic) bond motifs is 1. The zero-order valence-electron chi connectivity index (χ0n) is 16.1. The van der Waals surface area contributed by atoms with Gasteiger partial charge in [0.15, 0.2) is 0 Å². The molecule has 3 N–H and O–H groups in total. The molecule has 0 saturated carbocycles. The molecule has 1 aromatic heterocycles. The summed E-state index contributed by atoms with van der Waals surface area (Å²) in [6.07, 6.45) is 0.346. The van der Waals surface area contributed by atoms with Gasteiger partial charge >= 0.3 is 6.03 Å². The number of benzene rings is 2. The van der Waals surface area contributed by atoms with Crippen molar-refractivity contribution in [3.8, 4) is 6.07 Å². The van der Waals surface area contributed by atoms with Crippen molar-refractivity contribution in [2.45, 2.75) is 25.9 Å². The Morgan fingerprint density at radius 1 is 1.10 bits per heavy atom. The minimum absolute atomic E-state index is 0.105. The SMILES string of the molecule is Cc1ccc(CNC(=O)NC(Cc2csc3ccccc23)C(=O)NCC#N)cc1. The molecular formula is C22H22N4O2S. The monoisotopic (exact) mass is 406 g/mol. The maximum Gasteiger partial charge on any atom is 0.315 e. The van der Waals surface area contributed by atoms with Gasteiger partial charge in [0, 0.05) is 17.7 Å². The van der Waals surface area contributed by atoms with E-state index in [0.717, 1.165) is 26.8 Å². The first-order chi connectivity index (χ1) is 14.1. The third-order valence-electron chi connectivity index (χ3n) is 4.52. The molecule has 3 rings (SSSR count). The van der Waals surface area contributed by atoms with E-state index in [4.69, 9.17) is 5.26 Å². The van der Waals surface area contributed by atoms with Crippen molar-refractivity contribution in [1.29, 1.82) is 5.26 Å². The lowest BCUT2D eigenvalue weighted by Gasteiger charge is -2.18. The lowest BCUT2D eigenvalue weighted by atomic mass is 10.0. The first-order valence-corrected chi connectivity index (χ1v) is 10.1. The normalized spacial score (nSPS) is 11.4. The van der Waals surface area contributed by atoms with Gasteiger partial charge in [-0.25, -0.2) is 4.79 Å². The van der Waals surface area contributed by atoms with Gasteiger partial charge in [-0.15, -0.1) is 11.3 Å². The Balaban J connectivity index is 1.67. The number of carbonyl (C=O) groups excluding carboxylic acids is 2. The first kappa shape index (κ1) is 20.4. The highest BCUT2D eigenvalue weighted by Crippen LogP contribution is 2.26. The molecule has 1 heterocycles. The molecule has 3 amide bonds. The van der Waals surface area contributed by atoms with Crippen molar-refractivity contribution in [2.75, 3.05) is 6.54 Å². The second kappa shape index (κ2) is 9.71. The molecule has 0 radical (unpaired) electrons. The molecule has 0 spiro atoms. The third kappa shape index (κ3) is 5.56. The molecule has 6 nitrogen and oxygen atoms in total. The average molecular weight is 407 g/mol. The van der Waals surface area contributed by atoms with Gasteiger partial charge in [0.1, 0.15) is 12.6 Å². The van der Waals surface area contributed by atoms with Crippen molar-refractivity contribution in [3.05, 3.63) is 70.6 Å². The van der Waals surface area contributed by atoms with Crippen LogP contribution in [0.4, 0.5) is 4.79 Å². The van der Waals surface area contributed by atoms with Crippen LogP contribution < -0.4 is 16.0 Å².